The van der Waals surface area contributed by atoms with E-state index < -0.39 is 13.4 Å². The molecule has 0 N–H and O–H groups in total. The van der Waals surface area contributed by atoms with Crippen LogP contribution >= 0.6 is 7.60 Å². The van der Waals surface area contributed by atoms with Crippen LogP contribution in [-0.4, -0.2) is 34.0 Å². The first kappa shape index (κ1) is 20.7. The fourth-order valence-corrected chi connectivity index (χ4v) is 5.94. The van der Waals surface area contributed by atoms with Crippen molar-refractivity contribution in [2.45, 2.75) is 26.1 Å². The summed E-state index contributed by atoms with van der Waals surface area (Å²) in [5.41, 5.74) is 2.93. The molecule has 0 saturated heterocycles. The van der Waals surface area contributed by atoms with E-state index in [9.17, 15) is 4.57 Å². The first-order valence-electron chi connectivity index (χ1n) is 9.53. The van der Waals surface area contributed by atoms with Gasteiger partial charge in [0.25, 0.3) is 0 Å². The third kappa shape index (κ3) is 3.90. The first-order valence-corrected chi connectivity index (χ1v) is 11.1. The number of benzene rings is 2. The van der Waals surface area contributed by atoms with Crippen LogP contribution in [0.5, 0.6) is 11.5 Å². The number of hydrogen-bond acceptors (Lipinski definition) is 6. The summed E-state index contributed by atoms with van der Waals surface area (Å²) in [6, 6.07) is 13.8. The van der Waals surface area contributed by atoms with Gasteiger partial charge in [-0.05, 0) is 55.7 Å². The van der Waals surface area contributed by atoms with E-state index in [4.69, 9.17) is 18.5 Å². The molecule has 0 aromatic heterocycles. The second-order valence-electron chi connectivity index (χ2n) is 6.43. The van der Waals surface area contributed by atoms with E-state index >= 15 is 0 Å². The van der Waals surface area contributed by atoms with Crippen molar-refractivity contribution in [1.82, 2.24) is 0 Å². The minimum atomic E-state index is -3.47. The van der Waals surface area contributed by atoms with Crippen LogP contribution in [0.25, 0.3) is 0 Å². The van der Waals surface area contributed by atoms with Crippen molar-refractivity contribution in [1.29, 1.82) is 0 Å². The molecule has 1 heterocycles. The summed E-state index contributed by atoms with van der Waals surface area (Å²) >= 11 is 0. The molecular weight excluding hydrogens is 377 g/mol. The summed E-state index contributed by atoms with van der Waals surface area (Å²) in [4.78, 5) is 2.11. The molecule has 0 fully saturated rings. The van der Waals surface area contributed by atoms with E-state index in [-0.39, 0.29) is 0 Å². The average molecular weight is 405 g/mol. The quantitative estimate of drug-likeness (QED) is 0.574. The number of hydrogen-bond donors (Lipinski definition) is 0. The van der Waals surface area contributed by atoms with Crippen LogP contribution in [-0.2, 0) is 20.0 Å². The average Bonchev–Trinajstić information content (AvgIpc) is 2.72. The van der Waals surface area contributed by atoms with Crippen LogP contribution in [0.3, 0.4) is 0 Å². The van der Waals surface area contributed by atoms with Gasteiger partial charge < -0.3 is 23.4 Å². The zero-order valence-corrected chi connectivity index (χ0v) is 17.8. The molecule has 0 aliphatic carbocycles. The summed E-state index contributed by atoms with van der Waals surface area (Å²) in [6.45, 7) is 4.97. The number of ether oxygens (including phenoxy) is 2. The van der Waals surface area contributed by atoms with Crippen molar-refractivity contribution in [3.63, 3.8) is 0 Å². The lowest BCUT2D eigenvalue weighted by Crippen LogP contribution is -2.36. The Balaban J connectivity index is 2.19. The SMILES string of the molecule is CCOP(=O)(OCC)C1c2cc(OC)c(OC)cc2CCN1c1ccccc1. The van der Waals surface area contributed by atoms with Gasteiger partial charge in [0.05, 0.1) is 27.4 Å². The third-order valence-electron chi connectivity index (χ3n) is 4.85. The summed E-state index contributed by atoms with van der Waals surface area (Å²) in [5.74, 6) is 0.704. The highest BCUT2D eigenvalue weighted by Crippen LogP contribution is 2.64. The molecule has 0 bridgehead atoms. The Morgan fingerprint density at radius 1 is 1.00 bits per heavy atom. The molecule has 1 aliphatic rings. The number of rotatable bonds is 8. The Bertz CT molecular complexity index is 832. The smallest absolute Gasteiger partial charge is 0.357 e. The molecule has 28 heavy (non-hydrogen) atoms. The molecule has 152 valence electrons. The Kier molecular flexibility index (Phi) is 6.65. The fourth-order valence-electron chi connectivity index (χ4n) is 3.69. The number of nitrogens with zero attached hydrogens (tertiary/aromatic N) is 1. The Morgan fingerprint density at radius 3 is 2.18 bits per heavy atom. The van der Waals surface area contributed by atoms with Gasteiger partial charge in [-0.2, -0.15) is 0 Å². The standard InChI is InChI=1S/C21H28NO5P/c1-5-26-28(23,27-6-2)21-18-15-20(25-4)19(24-3)14-16(18)12-13-22(21)17-10-8-7-9-11-17/h7-11,14-15,21H,5-6,12-13H2,1-4H3. The minimum Gasteiger partial charge on any atom is -0.493 e. The predicted molar refractivity (Wildman–Crippen MR) is 111 cm³/mol. The van der Waals surface area contributed by atoms with Gasteiger partial charge >= 0.3 is 7.60 Å². The van der Waals surface area contributed by atoms with E-state index in [1.165, 1.54) is 0 Å². The maximum atomic E-state index is 13.9. The summed E-state index contributed by atoms with van der Waals surface area (Å²) in [6.07, 6.45) is 0.791. The van der Waals surface area contributed by atoms with Crippen LogP contribution in [0.1, 0.15) is 30.8 Å². The van der Waals surface area contributed by atoms with Crippen LogP contribution in [0.15, 0.2) is 42.5 Å². The monoisotopic (exact) mass is 405 g/mol. The normalized spacial score (nSPS) is 16.6. The topological polar surface area (TPSA) is 57.2 Å². The van der Waals surface area contributed by atoms with E-state index in [1.807, 2.05) is 56.3 Å². The van der Waals surface area contributed by atoms with Gasteiger partial charge in [-0.25, -0.2) is 0 Å². The molecule has 6 nitrogen and oxygen atoms in total. The van der Waals surface area contributed by atoms with Crippen molar-refractivity contribution >= 4 is 13.3 Å². The predicted octanol–water partition coefficient (Wildman–Crippen LogP) is 5.03. The lowest BCUT2D eigenvalue weighted by atomic mass is 9.98. The zero-order chi connectivity index (χ0) is 20.1. The van der Waals surface area contributed by atoms with Crippen molar-refractivity contribution in [3.8, 4) is 11.5 Å². The van der Waals surface area contributed by atoms with Gasteiger partial charge in [-0.15, -0.1) is 0 Å². The molecular formula is C21H28NO5P. The highest BCUT2D eigenvalue weighted by atomic mass is 31.2. The van der Waals surface area contributed by atoms with Gasteiger partial charge in [0.2, 0.25) is 0 Å². The van der Waals surface area contributed by atoms with Gasteiger partial charge in [-0.1, -0.05) is 18.2 Å². The molecule has 3 rings (SSSR count). The Labute approximate surface area is 166 Å². The van der Waals surface area contributed by atoms with E-state index in [2.05, 4.69) is 4.90 Å². The molecule has 1 unspecified atom stereocenters. The lowest BCUT2D eigenvalue weighted by molar-refractivity contribution is 0.210. The second-order valence-corrected chi connectivity index (χ2v) is 8.52. The number of fused-ring (bicyclic) bond motifs is 1. The van der Waals surface area contributed by atoms with Crippen molar-refractivity contribution in [3.05, 3.63) is 53.6 Å². The van der Waals surface area contributed by atoms with Gasteiger partial charge in [0.1, 0.15) is 0 Å². The highest BCUT2D eigenvalue weighted by molar-refractivity contribution is 7.54. The molecule has 0 radical (unpaired) electrons. The van der Waals surface area contributed by atoms with Crippen LogP contribution < -0.4 is 14.4 Å². The zero-order valence-electron chi connectivity index (χ0n) is 16.9. The number of para-hydroxylation sites is 1. The molecule has 2 aromatic rings. The Morgan fingerprint density at radius 2 is 1.61 bits per heavy atom. The molecule has 0 spiro atoms. The van der Waals surface area contributed by atoms with Crippen LogP contribution in [0.2, 0.25) is 0 Å². The van der Waals surface area contributed by atoms with Gasteiger partial charge in [-0.3, -0.25) is 4.57 Å². The minimum absolute atomic E-state index is 0.305. The highest BCUT2D eigenvalue weighted by Gasteiger charge is 2.45. The molecule has 1 atom stereocenters. The van der Waals surface area contributed by atoms with Crippen molar-refractivity contribution < 1.29 is 23.1 Å². The van der Waals surface area contributed by atoms with Crippen molar-refractivity contribution in [2.24, 2.45) is 0 Å². The summed E-state index contributed by atoms with van der Waals surface area (Å²) < 4.78 is 36.4. The van der Waals surface area contributed by atoms with Crippen molar-refractivity contribution in [2.75, 3.05) is 38.9 Å². The summed E-state index contributed by atoms with van der Waals surface area (Å²) in [5, 5.41) is 0. The molecule has 7 heteroatoms. The number of methoxy groups -OCH3 is 2. The molecule has 1 aliphatic heterocycles. The molecule has 0 amide bonds. The van der Waals surface area contributed by atoms with E-state index in [1.54, 1.807) is 14.2 Å². The van der Waals surface area contributed by atoms with Crippen LogP contribution in [0.4, 0.5) is 5.69 Å². The third-order valence-corrected chi connectivity index (χ3v) is 7.24. The molecule has 0 saturated carbocycles. The molecule has 2 aromatic carbocycles. The summed E-state index contributed by atoms with van der Waals surface area (Å²) in [7, 11) is -0.257. The van der Waals surface area contributed by atoms with Gasteiger partial charge in [0, 0.05) is 12.2 Å². The Hall–Kier alpha value is -2.01. The first-order chi connectivity index (χ1) is 13.6. The second kappa shape index (κ2) is 8.99. The maximum absolute atomic E-state index is 13.9. The van der Waals surface area contributed by atoms with Crippen LogP contribution in [0, 0.1) is 0 Å². The lowest BCUT2D eigenvalue weighted by Gasteiger charge is -2.41. The maximum Gasteiger partial charge on any atom is 0.357 e. The fraction of sp³-hybridized carbons (Fsp3) is 0.429. The van der Waals surface area contributed by atoms with E-state index in [0.717, 1.165) is 23.2 Å². The number of anilines is 1. The van der Waals surface area contributed by atoms with E-state index in [0.29, 0.717) is 31.3 Å². The van der Waals surface area contributed by atoms with Gasteiger partial charge in [0.15, 0.2) is 17.3 Å². The largest absolute Gasteiger partial charge is 0.493 e.